The van der Waals surface area contributed by atoms with E-state index in [2.05, 4.69) is 4.98 Å². The second-order valence-corrected chi connectivity index (χ2v) is 5.86. The van der Waals surface area contributed by atoms with Crippen molar-refractivity contribution in [1.82, 2.24) is 14.8 Å². The fourth-order valence-corrected chi connectivity index (χ4v) is 2.83. The number of phenolic OH excluding ortho intramolecular Hbond substituents is 1. The lowest BCUT2D eigenvalue weighted by Gasteiger charge is -2.35. The number of benzene rings is 1. The number of aromatic hydroxyl groups is 1. The third-order valence-corrected chi connectivity index (χ3v) is 4.17. The Morgan fingerprint density at radius 1 is 1.00 bits per heavy atom. The quantitative estimate of drug-likeness (QED) is 0.845. The lowest BCUT2D eigenvalue weighted by molar-refractivity contribution is 0.0533. The molecular weight excluding hydrogens is 330 g/mol. The fourth-order valence-electron chi connectivity index (χ4n) is 2.66. The van der Waals surface area contributed by atoms with Gasteiger partial charge in [0.05, 0.1) is 5.56 Å². The summed E-state index contributed by atoms with van der Waals surface area (Å²) >= 11 is 5.82. The van der Waals surface area contributed by atoms with Gasteiger partial charge in [0, 0.05) is 37.9 Å². The third-order valence-electron chi connectivity index (χ3n) is 3.96. The van der Waals surface area contributed by atoms with Crippen LogP contribution in [0.2, 0.25) is 5.15 Å². The molecule has 0 spiro atoms. The fraction of sp³-hybridized carbons (Fsp3) is 0.235. The number of para-hydroxylation sites is 1. The van der Waals surface area contributed by atoms with Gasteiger partial charge in [-0.25, -0.2) is 4.98 Å². The summed E-state index contributed by atoms with van der Waals surface area (Å²) in [6.07, 6.45) is 1.49. The average molecular weight is 346 g/mol. The molecule has 6 nitrogen and oxygen atoms in total. The number of aromatic nitrogens is 1. The van der Waals surface area contributed by atoms with Gasteiger partial charge in [-0.1, -0.05) is 23.7 Å². The summed E-state index contributed by atoms with van der Waals surface area (Å²) in [5.74, 6) is -0.395. The first-order valence-corrected chi connectivity index (χ1v) is 7.92. The first-order valence-electron chi connectivity index (χ1n) is 7.54. The van der Waals surface area contributed by atoms with Gasteiger partial charge in [-0.15, -0.1) is 0 Å². The molecule has 2 amide bonds. The van der Waals surface area contributed by atoms with Gasteiger partial charge in [0.1, 0.15) is 10.9 Å². The monoisotopic (exact) mass is 345 g/mol. The number of hydrogen-bond donors (Lipinski definition) is 1. The van der Waals surface area contributed by atoms with Gasteiger partial charge < -0.3 is 14.9 Å². The Kier molecular flexibility index (Phi) is 4.66. The van der Waals surface area contributed by atoms with Crippen molar-refractivity contribution in [3.05, 3.63) is 58.9 Å². The van der Waals surface area contributed by atoms with Crippen LogP contribution in [0.15, 0.2) is 42.6 Å². The number of rotatable bonds is 2. The molecule has 2 heterocycles. The minimum Gasteiger partial charge on any atom is -0.507 e. The zero-order chi connectivity index (χ0) is 17.1. The summed E-state index contributed by atoms with van der Waals surface area (Å²) in [5, 5.41) is 10.1. The highest BCUT2D eigenvalue weighted by atomic mass is 35.5. The number of pyridine rings is 1. The Morgan fingerprint density at radius 3 is 2.25 bits per heavy atom. The molecule has 1 N–H and O–H groups in total. The van der Waals surface area contributed by atoms with Crippen LogP contribution in [0, 0.1) is 0 Å². The molecule has 1 aromatic carbocycles. The van der Waals surface area contributed by atoms with Crippen molar-refractivity contribution in [3.8, 4) is 5.75 Å². The van der Waals surface area contributed by atoms with E-state index >= 15 is 0 Å². The minimum absolute atomic E-state index is 0.0348. The maximum atomic E-state index is 12.4. The highest BCUT2D eigenvalue weighted by Crippen LogP contribution is 2.19. The highest BCUT2D eigenvalue weighted by molar-refractivity contribution is 6.29. The third kappa shape index (κ3) is 3.33. The van der Waals surface area contributed by atoms with Crippen LogP contribution in [0.3, 0.4) is 0 Å². The number of halogens is 1. The van der Waals surface area contributed by atoms with Crippen molar-refractivity contribution in [3.63, 3.8) is 0 Å². The second-order valence-electron chi connectivity index (χ2n) is 5.47. The molecule has 24 heavy (non-hydrogen) atoms. The first-order chi connectivity index (χ1) is 11.6. The van der Waals surface area contributed by atoms with E-state index < -0.39 is 0 Å². The van der Waals surface area contributed by atoms with Crippen LogP contribution in [0.1, 0.15) is 20.7 Å². The largest absolute Gasteiger partial charge is 0.507 e. The van der Waals surface area contributed by atoms with Crippen molar-refractivity contribution in [2.45, 2.75) is 0 Å². The van der Waals surface area contributed by atoms with Gasteiger partial charge in [-0.3, -0.25) is 9.59 Å². The van der Waals surface area contributed by atoms with E-state index in [-0.39, 0.29) is 28.3 Å². The summed E-state index contributed by atoms with van der Waals surface area (Å²) < 4.78 is 0. The van der Waals surface area contributed by atoms with Gasteiger partial charge in [0.2, 0.25) is 0 Å². The van der Waals surface area contributed by atoms with E-state index in [4.69, 9.17) is 11.6 Å². The molecule has 0 unspecified atom stereocenters. The first kappa shape index (κ1) is 16.3. The summed E-state index contributed by atoms with van der Waals surface area (Å²) in [6.45, 7) is 1.69. The van der Waals surface area contributed by atoms with Crippen molar-refractivity contribution < 1.29 is 14.7 Å². The molecule has 7 heteroatoms. The van der Waals surface area contributed by atoms with E-state index in [1.54, 1.807) is 34.1 Å². The normalized spacial score (nSPS) is 14.5. The lowest BCUT2D eigenvalue weighted by atomic mass is 10.1. The van der Waals surface area contributed by atoms with Gasteiger partial charge >= 0.3 is 0 Å². The van der Waals surface area contributed by atoms with E-state index in [1.165, 1.54) is 18.3 Å². The lowest BCUT2D eigenvalue weighted by Crippen LogP contribution is -2.50. The predicted molar refractivity (Wildman–Crippen MR) is 89.2 cm³/mol. The summed E-state index contributed by atoms with van der Waals surface area (Å²) in [6, 6.07) is 9.61. The van der Waals surface area contributed by atoms with E-state index in [0.29, 0.717) is 31.7 Å². The topological polar surface area (TPSA) is 73.7 Å². The number of carbonyl (C=O) groups is 2. The van der Waals surface area contributed by atoms with Crippen LogP contribution < -0.4 is 0 Å². The number of piperazine rings is 1. The van der Waals surface area contributed by atoms with Crippen molar-refractivity contribution >= 4 is 23.4 Å². The van der Waals surface area contributed by atoms with Gasteiger partial charge in [-0.2, -0.15) is 0 Å². The Labute approximate surface area is 144 Å². The zero-order valence-corrected chi connectivity index (χ0v) is 13.6. The van der Waals surface area contributed by atoms with E-state index in [1.807, 2.05) is 0 Å². The predicted octanol–water partition coefficient (Wildman–Crippen LogP) is 2.04. The van der Waals surface area contributed by atoms with Crippen molar-refractivity contribution in [1.29, 1.82) is 0 Å². The van der Waals surface area contributed by atoms with Crippen LogP contribution in [-0.4, -0.2) is 57.9 Å². The Bertz CT molecular complexity index is 773. The number of hydrogen-bond acceptors (Lipinski definition) is 4. The SMILES string of the molecule is O=C(c1ccnc(Cl)c1)N1CCN(C(=O)c2ccccc2O)CC1. The van der Waals surface area contributed by atoms with Gasteiger partial charge in [0.25, 0.3) is 11.8 Å². The van der Waals surface area contributed by atoms with Crippen LogP contribution in [0.4, 0.5) is 0 Å². The number of phenols is 1. The molecule has 3 rings (SSSR count). The van der Waals surface area contributed by atoms with Crippen LogP contribution in [-0.2, 0) is 0 Å². The zero-order valence-electron chi connectivity index (χ0n) is 12.9. The molecule has 0 saturated carbocycles. The Balaban J connectivity index is 1.65. The second kappa shape index (κ2) is 6.88. The molecule has 1 aromatic heterocycles. The summed E-state index contributed by atoms with van der Waals surface area (Å²) in [4.78, 5) is 32.1. The highest BCUT2D eigenvalue weighted by Gasteiger charge is 2.26. The van der Waals surface area contributed by atoms with E-state index in [9.17, 15) is 14.7 Å². The van der Waals surface area contributed by atoms with Crippen molar-refractivity contribution in [2.75, 3.05) is 26.2 Å². The summed E-state index contributed by atoms with van der Waals surface area (Å²) in [7, 11) is 0. The van der Waals surface area contributed by atoms with Gasteiger partial charge in [-0.05, 0) is 24.3 Å². The standard InChI is InChI=1S/C17H16ClN3O3/c18-15-11-12(5-6-19-15)16(23)20-7-9-21(10-8-20)17(24)13-3-1-2-4-14(13)22/h1-6,11,22H,7-10H2. The van der Waals surface area contributed by atoms with Crippen LogP contribution >= 0.6 is 11.6 Å². The van der Waals surface area contributed by atoms with Crippen LogP contribution in [0.25, 0.3) is 0 Å². The molecule has 1 aliphatic rings. The molecule has 2 aromatic rings. The molecule has 0 aliphatic carbocycles. The maximum Gasteiger partial charge on any atom is 0.257 e. The minimum atomic E-state index is -0.229. The molecule has 124 valence electrons. The molecule has 1 saturated heterocycles. The average Bonchev–Trinajstić information content (AvgIpc) is 2.61. The molecule has 0 atom stereocenters. The molecule has 0 radical (unpaired) electrons. The number of nitrogens with zero attached hydrogens (tertiary/aromatic N) is 3. The van der Waals surface area contributed by atoms with Crippen LogP contribution in [0.5, 0.6) is 5.75 Å². The number of amides is 2. The molecular formula is C17H16ClN3O3. The summed E-state index contributed by atoms with van der Waals surface area (Å²) in [5.41, 5.74) is 0.758. The van der Waals surface area contributed by atoms with Crippen molar-refractivity contribution in [2.24, 2.45) is 0 Å². The number of carbonyl (C=O) groups excluding carboxylic acids is 2. The molecule has 0 bridgehead atoms. The Hall–Kier alpha value is -2.60. The Morgan fingerprint density at radius 2 is 1.62 bits per heavy atom. The molecule has 1 aliphatic heterocycles. The molecule has 1 fully saturated rings. The van der Waals surface area contributed by atoms with E-state index in [0.717, 1.165) is 0 Å². The maximum absolute atomic E-state index is 12.4. The smallest absolute Gasteiger partial charge is 0.257 e. The van der Waals surface area contributed by atoms with Gasteiger partial charge in [0.15, 0.2) is 0 Å².